The number of hydrogen-bond acceptors (Lipinski definition) is 21. The van der Waals surface area contributed by atoms with Gasteiger partial charge in [0.25, 0.3) is 5.97 Å². The molecule has 0 aliphatic rings. The van der Waals surface area contributed by atoms with Gasteiger partial charge in [0, 0.05) is 122 Å². The summed E-state index contributed by atoms with van der Waals surface area (Å²) in [7, 11) is 4.07. The molecule has 4 radical (unpaired) electrons. The summed E-state index contributed by atoms with van der Waals surface area (Å²) in [5.74, 6) is 0.519. The third-order valence-electron chi connectivity index (χ3n) is 16.3. The van der Waals surface area contributed by atoms with E-state index in [2.05, 4.69) is 242 Å². The maximum Gasteiger partial charge on any atom is 0.303 e. The molecule has 0 bridgehead atoms. The Hall–Kier alpha value is -4.79. The summed E-state index contributed by atoms with van der Waals surface area (Å²) in [4.78, 5) is 43.7. The van der Waals surface area contributed by atoms with E-state index in [0.29, 0.717) is 0 Å². The van der Waals surface area contributed by atoms with Crippen LogP contribution in [0.15, 0.2) is 146 Å². The number of fused-ring (bicyclic) bond motifs is 3. The number of rotatable bonds is 20. The van der Waals surface area contributed by atoms with E-state index in [9.17, 15) is 4.79 Å². The molecule has 554 valence electrons. The SMILES string of the molecule is CC(=O)O.CC(=O)OC(C)(C)CCC(C)CCCC(C)C.Cc1ccc(-c2ccc(-c3ccc(-c4ccc(C)c5nsnc45)s3)s2)s1.Cc1ccc(-c2ccc(-c3ccc(-c4ccc(C)c5nsnc45)s3)s2)s1.Cc1ccc(-c2ccc(-c3ccc(-c4ccc(C)c5nsnc45)s3)s2)s1.[2H]P(C)P([3H])P([3H])C([3H])[B].[3H]P([3H])[B]. The van der Waals surface area contributed by atoms with Gasteiger partial charge >= 0.3 is 5.97 Å². The third kappa shape index (κ3) is 24.6. The van der Waals surface area contributed by atoms with Gasteiger partial charge in [0.05, 0.1) is 54.4 Å². The first kappa shape index (κ1) is 77.5. The van der Waals surface area contributed by atoms with Gasteiger partial charge in [-0.25, -0.2) is 0 Å². The summed E-state index contributed by atoms with van der Waals surface area (Å²) < 4.78 is 73.1. The van der Waals surface area contributed by atoms with E-state index >= 15 is 0 Å². The van der Waals surface area contributed by atoms with E-state index in [1.807, 2.05) is 116 Å². The maximum absolute atomic E-state index is 10.9. The molecule has 12 heterocycles. The predicted octanol–water partition coefficient (Wildman–Crippen LogP) is 28.7. The largest absolute Gasteiger partial charge is 0.481 e. The number of carboxylic acids is 1. The van der Waals surface area contributed by atoms with Crippen LogP contribution in [0.2, 0.25) is 0 Å². The quantitative estimate of drug-likeness (QED) is 0.0445. The molecular weight excluding hydrogens is 1630 g/mol. The fourth-order valence-electron chi connectivity index (χ4n) is 11.1. The van der Waals surface area contributed by atoms with Crippen LogP contribution >= 0.6 is 171 Å². The van der Waals surface area contributed by atoms with Crippen LogP contribution in [0.25, 0.3) is 123 Å². The van der Waals surface area contributed by atoms with E-state index in [-0.39, 0.29) is 11.6 Å². The highest BCUT2D eigenvalue weighted by molar-refractivity contribution is 8.43. The second kappa shape index (κ2) is 42.2. The highest BCUT2D eigenvalue weighted by Gasteiger charge is 2.23. The number of nitrogens with zero attached hydrogens (tertiary/aromatic N) is 6. The van der Waals surface area contributed by atoms with Gasteiger partial charge in [0.15, 0.2) is 0 Å². The lowest BCUT2D eigenvalue weighted by molar-refractivity contribution is -0.154. The standard InChI is InChI=1S/3C20H14N2S4.C15H30O2.C2H8BP3.C2H4O2.BH2P/c3*1-11-3-5-13(20-19(11)21-26-22-20)14-7-8-17(24-14)18-10-9-16(25-18)15-6-4-12(2)23-15;1-12(2)8-7-9-13(3)10-11-15(5,6)17-14(4)16;1-4-6-5-2-3;1-2(3)4;1-2/h3*3-10H,1-2H3;12-13H,7-11H2,1-6H3;4-6H,2H2,1H3;1H3,(H,3,4);2H2/i;;;;2T,4D,5T,6T;;2T2. The maximum atomic E-state index is 10.9. The van der Waals surface area contributed by atoms with Crippen molar-refractivity contribution in [2.75, 3.05) is 12.7 Å². The van der Waals surface area contributed by atoms with Gasteiger partial charge in [-0.15, -0.1) is 110 Å². The summed E-state index contributed by atoms with van der Waals surface area (Å²) in [6.45, 7) is 27.8. The first-order chi connectivity index (χ1) is 53.7. The molecule has 5 atom stereocenters. The van der Waals surface area contributed by atoms with Crippen LogP contribution in [0.4, 0.5) is 0 Å². The first-order valence-corrected chi connectivity index (χ1v) is 48.8. The summed E-state index contributed by atoms with van der Waals surface area (Å²) in [6, 6.07) is 51.9. The number of aliphatic carboxylic acids is 1. The topological polar surface area (TPSA) is 141 Å². The Morgan fingerprint density at radius 1 is 0.495 bits per heavy atom. The zero-order chi connectivity index (χ0) is 82.0. The number of carbonyl (C=O) groups is 2. The van der Waals surface area contributed by atoms with Crippen molar-refractivity contribution in [1.29, 1.82) is 6.39 Å². The average Bonchev–Trinajstić information content (AvgIpc) is 1.66. The third-order valence-corrected chi connectivity index (χ3v) is 32.9. The Balaban J connectivity index is 0.000000163. The molecule has 0 saturated heterocycles. The van der Waals surface area contributed by atoms with Crippen LogP contribution in [0, 0.1) is 53.4 Å². The Kier molecular flexibility index (Phi) is 30.6. The Bertz CT molecular complexity index is 5060. The Morgan fingerprint density at radius 3 is 1.02 bits per heavy atom. The second-order valence-corrected chi connectivity index (χ2v) is 42.9. The molecule has 15 aromatic rings. The second-order valence-electron chi connectivity index (χ2n) is 25.8. The van der Waals surface area contributed by atoms with E-state index in [0.717, 1.165) is 64.7 Å². The highest BCUT2D eigenvalue weighted by atomic mass is 32.4. The number of ether oxygens (including phenoxy) is 1. The summed E-state index contributed by atoms with van der Waals surface area (Å²) in [5.41, 5.74) is 12.9. The minimum Gasteiger partial charge on any atom is -0.481 e. The van der Waals surface area contributed by atoms with Gasteiger partial charge in [0.2, 0.25) is 0 Å². The molecule has 0 aliphatic carbocycles. The molecule has 0 fully saturated rings. The van der Waals surface area contributed by atoms with Gasteiger partial charge in [-0.05, 0) is 213 Å². The van der Waals surface area contributed by atoms with Crippen molar-refractivity contribution in [2.45, 2.75) is 128 Å². The van der Waals surface area contributed by atoms with Crippen molar-refractivity contribution < 1.29 is 20.8 Å². The van der Waals surface area contributed by atoms with Crippen molar-refractivity contribution in [3.8, 4) is 89.8 Å². The van der Waals surface area contributed by atoms with Crippen LogP contribution in [0.3, 0.4) is 0 Å². The fraction of sp³-hybridized carbons (Fsp3) is 0.291. The van der Waals surface area contributed by atoms with Crippen LogP contribution in [0.1, 0.15) is 113 Å². The van der Waals surface area contributed by atoms with Crippen molar-refractivity contribution in [3.63, 3.8) is 0 Å². The minimum absolute atomic E-state index is 0.178. The number of benzene rings is 3. The zero-order valence-corrected chi connectivity index (χ0v) is 75.2. The van der Waals surface area contributed by atoms with Crippen LogP contribution in [0.5, 0.6) is 0 Å². The Morgan fingerprint density at radius 2 is 0.766 bits per heavy atom. The van der Waals surface area contributed by atoms with Crippen molar-refractivity contribution >= 4 is 231 Å². The normalized spacial score (nSPS) is 13.3. The number of hydrogen-bond donors (Lipinski definition) is 1. The molecule has 10 nitrogen and oxygen atoms in total. The molecule has 5 unspecified atom stereocenters. The van der Waals surface area contributed by atoms with Gasteiger partial charge in [-0.3, -0.25) is 9.59 Å². The molecule has 3 aromatic carbocycles. The Labute approximate surface area is 696 Å². The molecule has 0 saturated carbocycles. The average molecular weight is 1720 g/mol. The van der Waals surface area contributed by atoms with E-state index in [1.54, 1.807) is 6.66 Å². The smallest absolute Gasteiger partial charge is 0.303 e. The van der Waals surface area contributed by atoms with E-state index in [4.69, 9.17) is 30.2 Å². The summed E-state index contributed by atoms with van der Waals surface area (Å²) in [6.07, 6.45) is 6.01. The van der Waals surface area contributed by atoms with Gasteiger partial charge in [-0.1, -0.05) is 98.6 Å². The number of carboxylic acid groups (broad SMARTS) is 1. The van der Waals surface area contributed by atoms with E-state index < -0.39 is 45.3 Å². The first-order valence-electron chi connectivity index (χ1n) is 36.9. The van der Waals surface area contributed by atoms with Crippen LogP contribution in [-0.2, 0) is 14.3 Å². The molecule has 0 spiro atoms. The van der Waals surface area contributed by atoms with E-state index in [1.165, 1.54) is 183 Å². The molecule has 12 aromatic heterocycles. The number of carbonyl (C=O) groups excluding carboxylic acids is 1. The van der Waals surface area contributed by atoms with Crippen LogP contribution in [-0.4, -0.2) is 83.4 Å². The fourth-order valence-corrected chi connectivity index (χ4v) is 24.3. The van der Waals surface area contributed by atoms with Crippen molar-refractivity contribution in [1.82, 2.24) is 26.2 Å². The van der Waals surface area contributed by atoms with Crippen LogP contribution < -0.4 is 0 Å². The number of thiophene rings is 9. The van der Waals surface area contributed by atoms with Gasteiger partial charge in [0.1, 0.15) is 38.7 Å². The number of aryl methyl sites for hydroxylation is 6. The molecule has 15 rings (SSSR count). The minimum atomic E-state index is -1.62. The lowest BCUT2D eigenvalue weighted by Gasteiger charge is -2.26. The molecule has 1 N–H and O–H groups in total. The predicted molar refractivity (Wildman–Crippen MR) is 494 cm³/mol. The molecule has 0 aliphatic heterocycles. The summed E-state index contributed by atoms with van der Waals surface area (Å²) in [5, 5.41) is 7.42. The van der Waals surface area contributed by atoms with Crippen molar-refractivity contribution in [2.24, 2.45) is 11.8 Å². The summed E-state index contributed by atoms with van der Waals surface area (Å²) >= 11 is 20.5. The lowest BCUT2D eigenvalue weighted by Crippen LogP contribution is -2.27. The van der Waals surface area contributed by atoms with Crippen molar-refractivity contribution in [3.05, 3.63) is 177 Å². The highest BCUT2D eigenvalue weighted by Crippen LogP contribution is 2.50. The molecule has 0 amide bonds. The molecule has 107 heavy (non-hydrogen) atoms. The van der Waals surface area contributed by atoms with Gasteiger partial charge in [-0.2, -0.15) is 35.2 Å². The monoisotopic (exact) mass is 1720 g/mol. The van der Waals surface area contributed by atoms with Gasteiger partial charge < -0.3 is 9.84 Å². The zero-order valence-electron chi connectivity index (χ0n) is 67.8. The molecule has 28 heteroatoms. The number of esters is 1. The lowest BCUT2D eigenvalue weighted by atomic mass is 9.91. The molecular formula is C79H86B2N6O4P4S12. The number of aromatic nitrogens is 6.